The average Bonchev–Trinajstić information content (AvgIpc) is 3.04. The number of pyridine rings is 1. The van der Waals surface area contributed by atoms with Crippen LogP contribution >= 0.6 is 24.0 Å². The number of methoxy groups -OCH3 is 1. The number of hydrogen-bond acceptors (Lipinski definition) is 4. The van der Waals surface area contributed by atoms with Crippen molar-refractivity contribution in [3.63, 3.8) is 0 Å². The monoisotopic (exact) mass is 476 g/mol. The molecule has 1 aliphatic heterocycles. The van der Waals surface area contributed by atoms with Crippen molar-refractivity contribution in [3.8, 4) is 5.88 Å². The number of ether oxygens (including phenoxy) is 2. The molecule has 2 N–H and O–H groups in total. The molecular formula is C19H33IN4O2. The summed E-state index contributed by atoms with van der Waals surface area (Å²) in [6.07, 6.45) is 1.36. The van der Waals surface area contributed by atoms with Crippen molar-refractivity contribution < 1.29 is 9.47 Å². The minimum Gasteiger partial charge on any atom is -0.481 e. The number of rotatable bonds is 5. The van der Waals surface area contributed by atoms with Crippen LogP contribution in [0.5, 0.6) is 5.88 Å². The Morgan fingerprint density at radius 3 is 2.69 bits per heavy atom. The molecule has 0 spiro atoms. The summed E-state index contributed by atoms with van der Waals surface area (Å²) in [5, 5.41) is 6.77. The molecule has 6 nitrogen and oxygen atoms in total. The second-order valence-corrected chi connectivity index (χ2v) is 7.63. The van der Waals surface area contributed by atoms with E-state index in [0.717, 1.165) is 36.8 Å². The molecule has 148 valence electrons. The minimum atomic E-state index is 0. The van der Waals surface area contributed by atoms with Crippen LogP contribution in [0, 0.1) is 18.3 Å². The van der Waals surface area contributed by atoms with Crippen LogP contribution in [0.1, 0.15) is 38.4 Å². The van der Waals surface area contributed by atoms with Gasteiger partial charge in [-0.3, -0.25) is 4.99 Å². The normalized spacial score (nSPS) is 20.5. The van der Waals surface area contributed by atoms with E-state index in [4.69, 9.17) is 9.47 Å². The van der Waals surface area contributed by atoms with E-state index in [2.05, 4.69) is 41.4 Å². The highest BCUT2D eigenvalue weighted by Gasteiger charge is 2.37. The minimum absolute atomic E-state index is 0. The molecule has 0 radical (unpaired) electrons. The summed E-state index contributed by atoms with van der Waals surface area (Å²) in [6, 6.07) is 4.02. The van der Waals surface area contributed by atoms with Crippen LogP contribution in [-0.4, -0.2) is 44.4 Å². The third-order valence-corrected chi connectivity index (χ3v) is 4.54. The van der Waals surface area contributed by atoms with Gasteiger partial charge in [-0.1, -0.05) is 26.8 Å². The largest absolute Gasteiger partial charge is 0.481 e. The van der Waals surface area contributed by atoms with Crippen LogP contribution in [-0.2, 0) is 11.3 Å². The lowest BCUT2D eigenvalue weighted by Gasteiger charge is -2.31. The van der Waals surface area contributed by atoms with Gasteiger partial charge in [0.2, 0.25) is 5.88 Å². The Bertz CT molecular complexity index is 602. The van der Waals surface area contributed by atoms with Crippen LogP contribution in [0.4, 0.5) is 0 Å². The number of nitrogens with one attached hydrogen (secondary N) is 2. The van der Waals surface area contributed by atoms with E-state index >= 15 is 0 Å². The fourth-order valence-corrected chi connectivity index (χ4v) is 3.30. The Hall–Kier alpha value is -1.09. The maximum Gasteiger partial charge on any atom is 0.218 e. The molecule has 2 unspecified atom stereocenters. The van der Waals surface area contributed by atoms with Gasteiger partial charge in [0, 0.05) is 43.9 Å². The number of aliphatic imine (C=N–C) groups is 1. The smallest absolute Gasteiger partial charge is 0.218 e. The molecule has 1 aromatic rings. The molecule has 0 aliphatic carbocycles. The van der Waals surface area contributed by atoms with E-state index in [0.29, 0.717) is 18.3 Å². The molecule has 2 atom stereocenters. The van der Waals surface area contributed by atoms with E-state index in [9.17, 15) is 0 Å². The van der Waals surface area contributed by atoms with E-state index in [-0.39, 0.29) is 35.5 Å². The van der Waals surface area contributed by atoms with E-state index in [1.165, 1.54) is 0 Å². The Labute approximate surface area is 174 Å². The predicted octanol–water partition coefficient (Wildman–Crippen LogP) is 3.13. The van der Waals surface area contributed by atoms with Crippen molar-refractivity contribution in [2.75, 3.05) is 27.3 Å². The number of nitrogens with zero attached hydrogens (tertiary/aromatic N) is 2. The quantitative estimate of drug-likeness (QED) is 0.389. The molecule has 0 aromatic carbocycles. The van der Waals surface area contributed by atoms with Gasteiger partial charge in [-0.25, -0.2) is 4.98 Å². The molecule has 0 bridgehead atoms. The zero-order valence-electron chi connectivity index (χ0n) is 16.8. The van der Waals surface area contributed by atoms with E-state index < -0.39 is 0 Å². The van der Waals surface area contributed by atoms with Gasteiger partial charge in [-0.15, -0.1) is 24.0 Å². The molecule has 2 rings (SSSR count). The summed E-state index contributed by atoms with van der Waals surface area (Å²) in [7, 11) is 3.43. The Kier molecular flexibility index (Phi) is 9.09. The maximum absolute atomic E-state index is 5.94. The first-order chi connectivity index (χ1) is 11.8. The van der Waals surface area contributed by atoms with E-state index in [1.807, 2.05) is 19.1 Å². The first-order valence-corrected chi connectivity index (χ1v) is 8.91. The summed E-state index contributed by atoms with van der Waals surface area (Å²) in [6.45, 7) is 11.0. The molecule has 26 heavy (non-hydrogen) atoms. The molecule has 7 heteroatoms. The van der Waals surface area contributed by atoms with E-state index in [1.54, 1.807) is 14.2 Å². The standard InChI is InChI=1S/C19H32N4O2.HI/c1-13-7-8-15(17(23-13)24-6)12-22-18(20-5)21-11-14-9-10-25-16(14)19(2,3)4;/h7-8,14,16H,9-12H2,1-6H3,(H2,20,21,22);1H. The highest BCUT2D eigenvalue weighted by atomic mass is 127. The fourth-order valence-electron chi connectivity index (χ4n) is 3.30. The van der Waals surface area contributed by atoms with Gasteiger partial charge in [0.25, 0.3) is 0 Å². The third-order valence-electron chi connectivity index (χ3n) is 4.54. The van der Waals surface area contributed by atoms with Gasteiger partial charge < -0.3 is 20.1 Å². The number of halogens is 1. The summed E-state index contributed by atoms with van der Waals surface area (Å²) < 4.78 is 11.3. The first kappa shape index (κ1) is 23.0. The maximum atomic E-state index is 5.94. The topological polar surface area (TPSA) is 67.8 Å². The number of guanidine groups is 1. The van der Waals surface area contributed by atoms with Crippen LogP contribution < -0.4 is 15.4 Å². The van der Waals surface area contributed by atoms with Gasteiger partial charge >= 0.3 is 0 Å². The van der Waals surface area contributed by atoms with Gasteiger partial charge in [0.05, 0.1) is 13.2 Å². The Morgan fingerprint density at radius 2 is 2.08 bits per heavy atom. The van der Waals surface area contributed by atoms with Crippen molar-refractivity contribution >= 4 is 29.9 Å². The third kappa shape index (κ3) is 6.26. The molecule has 1 aliphatic rings. The Balaban J connectivity index is 0.00000338. The van der Waals surface area contributed by atoms with Gasteiger partial charge in [0.15, 0.2) is 5.96 Å². The summed E-state index contributed by atoms with van der Waals surface area (Å²) >= 11 is 0. The van der Waals surface area contributed by atoms with Crippen molar-refractivity contribution in [3.05, 3.63) is 23.4 Å². The lowest BCUT2D eigenvalue weighted by molar-refractivity contribution is 0.00801. The molecule has 1 fully saturated rings. The van der Waals surface area contributed by atoms with Crippen LogP contribution in [0.15, 0.2) is 17.1 Å². The molecule has 1 aromatic heterocycles. The predicted molar refractivity (Wildman–Crippen MR) is 116 cm³/mol. The van der Waals surface area contributed by atoms with Crippen molar-refractivity contribution in [2.24, 2.45) is 16.3 Å². The summed E-state index contributed by atoms with van der Waals surface area (Å²) in [4.78, 5) is 8.72. The highest BCUT2D eigenvalue weighted by molar-refractivity contribution is 14.0. The summed E-state index contributed by atoms with van der Waals surface area (Å²) in [5.74, 6) is 1.93. The molecule has 0 amide bonds. The first-order valence-electron chi connectivity index (χ1n) is 8.91. The van der Waals surface area contributed by atoms with Crippen LogP contribution in [0.3, 0.4) is 0 Å². The fraction of sp³-hybridized carbons (Fsp3) is 0.684. The Morgan fingerprint density at radius 1 is 1.35 bits per heavy atom. The zero-order valence-corrected chi connectivity index (χ0v) is 19.1. The van der Waals surface area contributed by atoms with Crippen LogP contribution in [0.2, 0.25) is 0 Å². The molecule has 2 heterocycles. The second-order valence-electron chi connectivity index (χ2n) is 7.63. The van der Waals surface area contributed by atoms with Crippen LogP contribution in [0.25, 0.3) is 0 Å². The second kappa shape index (κ2) is 10.3. The van der Waals surface area contributed by atoms with Gasteiger partial charge in [-0.05, 0) is 24.8 Å². The van der Waals surface area contributed by atoms with Crippen molar-refractivity contribution in [2.45, 2.75) is 46.8 Å². The van der Waals surface area contributed by atoms with Crippen molar-refractivity contribution in [1.29, 1.82) is 0 Å². The number of hydrogen-bond donors (Lipinski definition) is 2. The van der Waals surface area contributed by atoms with Gasteiger partial charge in [-0.2, -0.15) is 0 Å². The van der Waals surface area contributed by atoms with Crippen molar-refractivity contribution in [1.82, 2.24) is 15.6 Å². The molecule has 0 saturated carbocycles. The lowest BCUT2D eigenvalue weighted by Crippen LogP contribution is -2.43. The SMILES string of the molecule is CN=C(NCc1ccc(C)nc1OC)NCC1CCOC1C(C)(C)C.I. The zero-order chi connectivity index (χ0) is 18.4. The number of aromatic nitrogens is 1. The lowest BCUT2D eigenvalue weighted by atomic mass is 9.81. The molecular weight excluding hydrogens is 443 g/mol. The molecule has 1 saturated heterocycles. The van der Waals surface area contributed by atoms with Gasteiger partial charge in [0.1, 0.15) is 0 Å². The highest BCUT2D eigenvalue weighted by Crippen LogP contribution is 2.34. The number of aryl methyl sites for hydroxylation is 1. The summed E-state index contributed by atoms with van der Waals surface area (Å²) in [5.41, 5.74) is 2.10. The average molecular weight is 476 g/mol.